The second kappa shape index (κ2) is 12.6. The van der Waals surface area contributed by atoms with Crippen LogP contribution in [0.25, 0.3) is 0 Å². The van der Waals surface area contributed by atoms with Crippen LogP contribution in [-0.2, 0) is 21.8 Å². The number of thioether (sulfide) groups is 1. The van der Waals surface area contributed by atoms with Crippen molar-refractivity contribution in [2.75, 3.05) is 18.8 Å². The largest absolute Gasteiger partial charge is 0.354 e. The minimum absolute atomic E-state index is 0.0148. The van der Waals surface area contributed by atoms with Gasteiger partial charge in [-0.25, -0.2) is 0 Å². The van der Waals surface area contributed by atoms with E-state index in [1.807, 2.05) is 61.5 Å². The van der Waals surface area contributed by atoms with Crippen LogP contribution < -0.4 is 5.32 Å². The first-order valence-electron chi connectivity index (χ1n) is 9.94. The first kappa shape index (κ1) is 23.3. The number of benzene rings is 2. The highest BCUT2D eigenvalue weighted by molar-refractivity contribution is 7.99. The zero-order valence-corrected chi connectivity index (χ0v) is 18.6. The summed E-state index contributed by atoms with van der Waals surface area (Å²) in [7, 11) is 0. The second-order valence-corrected chi connectivity index (χ2v) is 8.33. The summed E-state index contributed by atoms with van der Waals surface area (Å²) < 4.78 is 0. The summed E-state index contributed by atoms with van der Waals surface area (Å²) in [5.74, 6) is 0.948. The van der Waals surface area contributed by atoms with Crippen molar-refractivity contribution in [2.45, 2.75) is 38.5 Å². The topological polar surface area (TPSA) is 49.4 Å². The molecule has 1 atom stereocenters. The van der Waals surface area contributed by atoms with Crippen molar-refractivity contribution in [3.63, 3.8) is 0 Å². The van der Waals surface area contributed by atoms with E-state index in [2.05, 4.69) is 5.32 Å². The molecule has 29 heavy (non-hydrogen) atoms. The maximum absolute atomic E-state index is 12.9. The van der Waals surface area contributed by atoms with Crippen LogP contribution >= 0.6 is 23.4 Å². The monoisotopic (exact) mass is 432 g/mol. The molecule has 0 bridgehead atoms. The molecule has 2 amide bonds. The molecule has 1 N–H and O–H groups in total. The van der Waals surface area contributed by atoms with Crippen LogP contribution in [0.5, 0.6) is 0 Å². The fourth-order valence-electron chi connectivity index (χ4n) is 2.89. The predicted octanol–water partition coefficient (Wildman–Crippen LogP) is 4.56. The van der Waals surface area contributed by atoms with E-state index in [4.69, 9.17) is 11.6 Å². The number of carbonyl (C=O) groups is 2. The van der Waals surface area contributed by atoms with Crippen molar-refractivity contribution >= 4 is 35.2 Å². The molecule has 0 aliphatic rings. The molecule has 156 valence electrons. The number of hydrogen-bond donors (Lipinski definition) is 1. The van der Waals surface area contributed by atoms with Crippen molar-refractivity contribution in [2.24, 2.45) is 0 Å². The van der Waals surface area contributed by atoms with Crippen LogP contribution in [0, 0.1) is 0 Å². The quantitative estimate of drug-likeness (QED) is 0.566. The van der Waals surface area contributed by atoms with Crippen LogP contribution in [-0.4, -0.2) is 41.6 Å². The van der Waals surface area contributed by atoms with Crippen molar-refractivity contribution in [1.29, 1.82) is 0 Å². The van der Waals surface area contributed by atoms with E-state index in [0.29, 0.717) is 23.9 Å². The summed E-state index contributed by atoms with van der Waals surface area (Å²) in [5.41, 5.74) is 2.28. The highest BCUT2D eigenvalue weighted by Gasteiger charge is 2.25. The van der Waals surface area contributed by atoms with Gasteiger partial charge in [-0.15, -0.1) is 11.8 Å². The van der Waals surface area contributed by atoms with Crippen LogP contribution in [0.2, 0.25) is 5.02 Å². The molecule has 0 heterocycles. The highest BCUT2D eigenvalue weighted by atomic mass is 35.5. The Morgan fingerprint density at radius 1 is 1.07 bits per heavy atom. The molecule has 2 rings (SSSR count). The van der Waals surface area contributed by atoms with E-state index >= 15 is 0 Å². The lowest BCUT2D eigenvalue weighted by Gasteiger charge is -2.28. The van der Waals surface area contributed by atoms with Crippen molar-refractivity contribution in [1.82, 2.24) is 10.2 Å². The van der Waals surface area contributed by atoms with E-state index < -0.39 is 6.04 Å². The van der Waals surface area contributed by atoms with Gasteiger partial charge in [-0.05, 0) is 43.0 Å². The minimum atomic E-state index is -0.492. The SMILES string of the molecule is CCCNC(=O)[C@H](C)N(CCc1ccccc1)C(=O)CSCc1ccc(Cl)cc1. The Balaban J connectivity index is 1.96. The maximum atomic E-state index is 12.9. The van der Waals surface area contributed by atoms with Crippen molar-refractivity contribution in [3.8, 4) is 0 Å². The molecule has 2 aromatic carbocycles. The Labute approximate surface area is 183 Å². The lowest BCUT2D eigenvalue weighted by atomic mass is 10.1. The van der Waals surface area contributed by atoms with E-state index in [1.54, 1.807) is 23.6 Å². The Bertz CT molecular complexity index is 768. The lowest BCUT2D eigenvalue weighted by Crippen LogP contribution is -2.49. The van der Waals surface area contributed by atoms with Crippen LogP contribution in [0.4, 0.5) is 0 Å². The summed E-state index contributed by atoms with van der Waals surface area (Å²) in [6.07, 6.45) is 1.59. The highest BCUT2D eigenvalue weighted by Crippen LogP contribution is 2.17. The molecular weight excluding hydrogens is 404 g/mol. The molecular formula is C23H29ClN2O2S. The zero-order valence-electron chi connectivity index (χ0n) is 17.1. The van der Waals surface area contributed by atoms with Gasteiger partial charge in [-0.2, -0.15) is 0 Å². The van der Waals surface area contributed by atoms with Crippen molar-refractivity contribution < 1.29 is 9.59 Å². The van der Waals surface area contributed by atoms with Gasteiger partial charge in [0.1, 0.15) is 6.04 Å². The predicted molar refractivity (Wildman–Crippen MR) is 122 cm³/mol. The van der Waals surface area contributed by atoms with Crippen LogP contribution in [0.15, 0.2) is 54.6 Å². The van der Waals surface area contributed by atoms with Gasteiger partial charge in [0.25, 0.3) is 0 Å². The van der Waals surface area contributed by atoms with Crippen molar-refractivity contribution in [3.05, 3.63) is 70.7 Å². The number of nitrogens with one attached hydrogen (secondary N) is 1. The van der Waals surface area contributed by atoms with Gasteiger partial charge in [0, 0.05) is 23.9 Å². The third-order valence-corrected chi connectivity index (χ3v) is 5.85. The summed E-state index contributed by atoms with van der Waals surface area (Å²) in [6.45, 7) is 4.95. The number of amides is 2. The van der Waals surface area contributed by atoms with Gasteiger partial charge >= 0.3 is 0 Å². The first-order valence-corrected chi connectivity index (χ1v) is 11.5. The summed E-state index contributed by atoms with van der Waals surface area (Å²) >= 11 is 7.47. The van der Waals surface area contributed by atoms with Gasteiger partial charge in [-0.1, -0.05) is 61.0 Å². The molecule has 0 fully saturated rings. The molecule has 0 aliphatic carbocycles. The van der Waals surface area contributed by atoms with Gasteiger partial charge in [0.15, 0.2) is 0 Å². The molecule has 0 spiro atoms. The third kappa shape index (κ3) is 8.11. The Kier molecular flexibility index (Phi) is 10.1. The second-order valence-electron chi connectivity index (χ2n) is 6.91. The summed E-state index contributed by atoms with van der Waals surface area (Å²) in [6, 6.07) is 17.2. The van der Waals surface area contributed by atoms with Gasteiger partial charge < -0.3 is 10.2 Å². The van der Waals surface area contributed by atoms with E-state index in [9.17, 15) is 9.59 Å². The number of halogens is 1. The Morgan fingerprint density at radius 3 is 2.41 bits per heavy atom. The normalized spacial score (nSPS) is 11.7. The Hall–Kier alpha value is -1.98. The number of nitrogens with zero attached hydrogens (tertiary/aromatic N) is 1. The molecule has 4 nitrogen and oxygen atoms in total. The fourth-order valence-corrected chi connectivity index (χ4v) is 3.88. The maximum Gasteiger partial charge on any atom is 0.242 e. The molecule has 0 unspecified atom stereocenters. The Morgan fingerprint density at radius 2 is 1.76 bits per heavy atom. The lowest BCUT2D eigenvalue weighted by molar-refractivity contribution is -0.137. The summed E-state index contributed by atoms with van der Waals surface area (Å²) in [4.78, 5) is 27.1. The standard InChI is InChI=1S/C23H29ClN2O2S/c1-3-14-25-23(28)18(2)26(15-13-19-7-5-4-6-8-19)22(27)17-29-16-20-9-11-21(24)12-10-20/h4-12,18H,3,13-17H2,1-2H3,(H,25,28)/t18-/m0/s1. The molecule has 0 radical (unpaired) electrons. The van der Waals surface area contributed by atoms with Crippen LogP contribution in [0.3, 0.4) is 0 Å². The van der Waals surface area contributed by atoms with E-state index in [0.717, 1.165) is 29.7 Å². The third-order valence-electron chi connectivity index (χ3n) is 4.61. The molecule has 0 saturated carbocycles. The van der Waals surface area contributed by atoms with Gasteiger partial charge in [-0.3, -0.25) is 9.59 Å². The van der Waals surface area contributed by atoms with E-state index in [-0.39, 0.29) is 11.8 Å². The first-order chi connectivity index (χ1) is 14.0. The van der Waals surface area contributed by atoms with Crippen LogP contribution in [0.1, 0.15) is 31.4 Å². The minimum Gasteiger partial charge on any atom is -0.354 e. The van der Waals surface area contributed by atoms with Gasteiger partial charge in [0.2, 0.25) is 11.8 Å². The fraction of sp³-hybridized carbons (Fsp3) is 0.391. The molecule has 0 aromatic heterocycles. The molecule has 6 heteroatoms. The molecule has 2 aromatic rings. The molecule has 0 aliphatic heterocycles. The van der Waals surface area contributed by atoms with E-state index in [1.165, 1.54) is 0 Å². The van der Waals surface area contributed by atoms with Gasteiger partial charge in [0.05, 0.1) is 5.75 Å². The number of carbonyl (C=O) groups excluding carboxylic acids is 2. The zero-order chi connectivity index (χ0) is 21.1. The average Bonchev–Trinajstić information content (AvgIpc) is 2.74. The summed E-state index contributed by atoms with van der Waals surface area (Å²) in [5, 5.41) is 3.60. The number of hydrogen-bond acceptors (Lipinski definition) is 3. The smallest absolute Gasteiger partial charge is 0.242 e. The molecule has 0 saturated heterocycles. The average molecular weight is 433 g/mol. The number of rotatable bonds is 11.